The Morgan fingerprint density at radius 2 is 1.88 bits per heavy atom. The highest BCUT2D eigenvalue weighted by Crippen LogP contribution is 2.26. The van der Waals surface area contributed by atoms with E-state index in [1.54, 1.807) is 16.2 Å². The summed E-state index contributed by atoms with van der Waals surface area (Å²) in [6.07, 6.45) is 4.84. The molecule has 128 valence electrons. The van der Waals surface area contributed by atoms with Crippen LogP contribution in [0.4, 0.5) is 0 Å². The minimum Gasteiger partial charge on any atom is -0.353 e. The van der Waals surface area contributed by atoms with Crippen LogP contribution in [-0.4, -0.2) is 33.2 Å². The lowest BCUT2D eigenvalue weighted by atomic mass is 10.00. The molecule has 6 heteroatoms. The number of fused-ring (bicyclic) bond motifs is 3. The number of benzene rings is 1. The first-order valence-electron chi connectivity index (χ1n) is 8.81. The van der Waals surface area contributed by atoms with Gasteiger partial charge in [-0.3, -0.25) is 13.9 Å². The number of para-hydroxylation sites is 2. The van der Waals surface area contributed by atoms with Gasteiger partial charge in [0.2, 0.25) is 5.91 Å². The number of hydrogen-bond acceptors (Lipinski definition) is 3. The third-order valence-electron chi connectivity index (χ3n) is 5.45. The lowest BCUT2D eigenvalue weighted by molar-refractivity contribution is -0.122. The summed E-state index contributed by atoms with van der Waals surface area (Å²) in [6, 6.07) is 9.11. The minimum atomic E-state index is -0.0658. The molecule has 2 bridgehead atoms. The summed E-state index contributed by atoms with van der Waals surface area (Å²) in [5, 5.41) is 6.75. The van der Waals surface area contributed by atoms with Gasteiger partial charge in [-0.15, -0.1) is 0 Å². The molecule has 1 aromatic heterocycles. The number of carbonyl (C=O) groups is 1. The second-order valence-electron chi connectivity index (χ2n) is 7.11. The van der Waals surface area contributed by atoms with E-state index in [4.69, 9.17) is 0 Å². The molecule has 2 aliphatic rings. The van der Waals surface area contributed by atoms with Crippen molar-refractivity contribution in [2.45, 2.75) is 56.8 Å². The van der Waals surface area contributed by atoms with E-state index in [9.17, 15) is 9.59 Å². The van der Waals surface area contributed by atoms with Crippen LogP contribution in [0.5, 0.6) is 0 Å². The van der Waals surface area contributed by atoms with Crippen LogP contribution in [0.3, 0.4) is 0 Å². The van der Waals surface area contributed by atoms with E-state index in [-0.39, 0.29) is 17.6 Å². The zero-order valence-electron chi connectivity index (χ0n) is 14.0. The lowest BCUT2D eigenvalue weighted by Crippen LogP contribution is -2.48. The third-order valence-corrected chi connectivity index (χ3v) is 5.45. The van der Waals surface area contributed by atoms with Crippen molar-refractivity contribution >= 4 is 16.9 Å². The van der Waals surface area contributed by atoms with Gasteiger partial charge in [-0.25, -0.2) is 4.79 Å². The molecule has 1 aromatic carbocycles. The molecule has 3 heterocycles. The molecular formula is C18H24N4O2. The van der Waals surface area contributed by atoms with Gasteiger partial charge in [0.15, 0.2) is 0 Å². The molecule has 1 amide bonds. The van der Waals surface area contributed by atoms with Crippen molar-refractivity contribution in [1.82, 2.24) is 19.8 Å². The highest BCUT2D eigenvalue weighted by atomic mass is 16.2. The van der Waals surface area contributed by atoms with E-state index in [2.05, 4.69) is 10.6 Å². The summed E-state index contributed by atoms with van der Waals surface area (Å²) in [5.41, 5.74) is 1.72. The molecule has 0 aliphatic carbocycles. The van der Waals surface area contributed by atoms with Crippen LogP contribution in [0.15, 0.2) is 29.1 Å². The van der Waals surface area contributed by atoms with E-state index < -0.39 is 0 Å². The van der Waals surface area contributed by atoms with Gasteiger partial charge < -0.3 is 10.6 Å². The largest absolute Gasteiger partial charge is 0.353 e. The fraction of sp³-hybridized carbons (Fsp3) is 0.556. The molecule has 2 fully saturated rings. The van der Waals surface area contributed by atoms with Crippen molar-refractivity contribution in [1.29, 1.82) is 0 Å². The molecule has 4 rings (SSSR count). The van der Waals surface area contributed by atoms with Crippen molar-refractivity contribution in [3.8, 4) is 0 Å². The zero-order chi connectivity index (χ0) is 16.7. The summed E-state index contributed by atoms with van der Waals surface area (Å²) < 4.78 is 3.33. The van der Waals surface area contributed by atoms with Gasteiger partial charge >= 0.3 is 5.69 Å². The Labute approximate surface area is 140 Å². The van der Waals surface area contributed by atoms with Gasteiger partial charge in [-0.05, 0) is 37.8 Å². The van der Waals surface area contributed by atoms with Gasteiger partial charge in [-0.1, -0.05) is 12.1 Å². The maximum absolute atomic E-state index is 12.4. The average Bonchev–Trinajstić information content (AvgIpc) is 3.04. The topological polar surface area (TPSA) is 68.1 Å². The predicted molar refractivity (Wildman–Crippen MR) is 92.9 cm³/mol. The quantitative estimate of drug-likeness (QED) is 0.884. The Hall–Kier alpha value is -2.08. The van der Waals surface area contributed by atoms with Crippen molar-refractivity contribution in [3.05, 3.63) is 34.7 Å². The highest BCUT2D eigenvalue weighted by Gasteiger charge is 2.33. The fourth-order valence-electron chi connectivity index (χ4n) is 4.27. The highest BCUT2D eigenvalue weighted by molar-refractivity contribution is 5.78. The van der Waals surface area contributed by atoms with E-state index in [1.165, 1.54) is 12.8 Å². The van der Waals surface area contributed by atoms with Crippen LogP contribution in [0.1, 0.15) is 32.1 Å². The molecule has 0 saturated carbocycles. The van der Waals surface area contributed by atoms with E-state index in [1.807, 2.05) is 24.3 Å². The minimum absolute atomic E-state index is 0.0427. The maximum atomic E-state index is 12.4. The summed E-state index contributed by atoms with van der Waals surface area (Å²) in [5.74, 6) is 0.0427. The van der Waals surface area contributed by atoms with Crippen LogP contribution in [-0.2, 0) is 18.4 Å². The van der Waals surface area contributed by atoms with Crippen molar-refractivity contribution in [2.75, 3.05) is 0 Å². The Kier molecular flexibility index (Phi) is 3.92. The molecule has 24 heavy (non-hydrogen) atoms. The number of rotatable bonds is 4. The monoisotopic (exact) mass is 328 g/mol. The molecule has 2 aromatic rings. The zero-order valence-corrected chi connectivity index (χ0v) is 14.0. The summed E-state index contributed by atoms with van der Waals surface area (Å²) in [7, 11) is 1.77. The number of nitrogens with zero attached hydrogens (tertiary/aromatic N) is 2. The molecule has 6 nitrogen and oxygen atoms in total. The van der Waals surface area contributed by atoms with Crippen LogP contribution >= 0.6 is 0 Å². The normalized spacial score (nSPS) is 26.0. The lowest BCUT2D eigenvalue weighted by Gasteiger charge is -2.29. The molecule has 0 spiro atoms. The number of nitrogens with one attached hydrogen (secondary N) is 2. The molecular weight excluding hydrogens is 304 g/mol. The number of aromatic nitrogens is 2. The summed E-state index contributed by atoms with van der Waals surface area (Å²) >= 11 is 0. The van der Waals surface area contributed by atoms with E-state index in [0.717, 1.165) is 23.9 Å². The molecule has 2 saturated heterocycles. The van der Waals surface area contributed by atoms with Gasteiger partial charge in [0, 0.05) is 38.1 Å². The number of piperidine rings is 1. The number of imidazole rings is 1. The van der Waals surface area contributed by atoms with E-state index in [0.29, 0.717) is 25.0 Å². The predicted octanol–water partition coefficient (Wildman–Crippen LogP) is 1.13. The average molecular weight is 328 g/mol. The smallest absolute Gasteiger partial charge is 0.328 e. The van der Waals surface area contributed by atoms with Crippen LogP contribution in [0, 0.1) is 0 Å². The van der Waals surface area contributed by atoms with Crippen LogP contribution in [0.25, 0.3) is 11.0 Å². The van der Waals surface area contributed by atoms with Crippen LogP contribution < -0.4 is 16.3 Å². The van der Waals surface area contributed by atoms with E-state index >= 15 is 0 Å². The van der Waals surface area contributed by atoms with Crippen LogP contribution in [0.2, 0.25) is 0 Å². The maximum Gasteiger partial charge on any atom is 0.328 e. The number of carbonyl (C=O) groups excluding carboxylic acids is 1. The molecule has 2 unspecified atom stereocenters. The standard InChI is InChI=1S/C18H24N4O2/c1-21-15-4-2-3-5-16(15)22(18(21)24)9-8-17(23)20-14-10-12-6-7-13(11-14)19-12/h2-5,12-14,19H,6-11H2,1H3,(H,20,23). The Balaban J connectivity index is 1.41. The third kappa shape index (κ3) is 2.75. The van der Waals surface area contributed by atoms with Crippen molar-refractivity contribution in [3.63, 3.8) is 0 Å². The number of amides is 1. The van der Waals surface area contributed by atoms with Gasteiger partial charge in [0.05, 0.1) is 11.0 Å². The summed E-state index contributed by atoms with van der Waals surface area (Å²) in [6.45, 7) is 0.420. The molecule has 2 aliphatic heterocycles. The van der Waals surface area contributed by atoms with Crippen molar-refractivity contribution < 1.29 is 4.79 Å². The SMILES string of the molecule is Cn1c(=O)n(CCC(=O)NC2CC3CCC(C2)N3)c2ccccc21. The number of hydrogen-bond donors (Lipinski definition) is 2. The first-order valence-corrected chi connectivity index (χ1v) is 8.81. The van der Waals surface area contributed by atoms with Gasteiger partial charge in [-0.2, -0.15) is 0 Å². The fourth-order valence-corrected chi connectivity index (χ4v) is 4.27. The molecule has 2 atom stereocenters. The molecule has 2 N–H and O–H groups in total. The Bertz CT molecular complexity index is 810. The second-order valence-corrected chi connectivity index (χ2v) is 7.11. The first kappa shape index (κ1) is 15.4. The first-order chi connectivity index (χ1) is 11.6. The Morgan fingerprint density at radius 3 is 2.58 bits per heavy atom. The van der Waals surface area contributed by atoms with Gasteiger partial charge in [0.25, 0.3) is 0 Å². The Morgan fingerprint density at radius 1 is 1.21 bits per heavy atom. The number of aryl methyl sites for hydroxylation is 2. The van der Waals surface area contributed by atoms with Crippen molar-refractivity contribution in [2.24, 2.45) is 7.05 Å². The second kappa shape index (κ2) is 6.09. The van der Waals surface area contributed by atoms with Gasteiger partial charge in [0.1, 0.15) is 0 Å². The molecule has 0 radical (unpaired) electrons. The summed E-state index contributed by atoms with van der Waals surface area (Å²) in [4.78, 5) is 24.7.